The number of rotatable bonds is 6. The van der Waals surface area contributed by atoms with Crippen molar-refractivity contribution in [2.75, 3.05) is 10.2 Å². The number of nitrogens with zero attached hydrogens (tertiary/aromatic N) is 1. The number of hydrogen-bond acceptors (Lipinski definition) is 4. The van der Waals surface area contributed by atoms with Gasteiger partial charge in [-0.3, -0.25) is 0 Å². The van der Waals surface area contributed by atoms with E-state index in [2.05, 4.69) is 211 Å². The Kier molecular flexibility index (Phi) is 9.47. The van der Waals surface area contributed by atoms with Gasteiger partial charge in [0.25, 0.3) is 0 Å². The van der Waals surface area contributed by atoms with Gasteiger partial charge < -0.3 is 19.7 Å². The zero-order chi connectivity index (χ0) is 43.7. The van der Waals surface area contributed by atoms with Crippen LogP contribution in [-0.2, 0) is 5.41 Å². The van der Waals surface area contributed by atoms with Crippen LogP contribution in [0, 0.1) is 20.8 Å². The largest absolute Gasteiger partial charge is 0.450 e. The van der Waals surface area contributed by atoms with E-state index >= 15 is 0 Å². The summed E-state index contributed by atoms with van der Waals surface area (Å²) < 4.78 is 13.2. The number of anilines is 5. The van der Waals surface area contributed by atoms with Gasteiger partial charge in [0.15, 0.2) is 30.3 Å². The zero-order valence-electron chi connectivity index (χ0n) is 37.1. The van der Waals surface area contributed by atoms with Crippen molar-refractivity contribution in [2.45, 2.75) is 47.0 Å². The first-order chi connectivity index (χ1) is 31.1. The number of ether oxygens (including phenoxy) is 2. The molecular formula is C59H48BN2O2. The molecule has 5 heteroatoms. The number of fused-ring (bicyclic) bond motifs is 5. The van der Waals surface area contributed by atoms with Gasteiger partial charge in [0.1, 0.15) is 0 Å². The Morgan fingerprint density at radius 1 is 0.469 bits per heavy atom. The predicted octanol–water partition coefficient (Wildman–Crippen LogP) is 15.1. The lowest BCUT2D eigenvalue weighted by atomic mass is 9.57. The second kappa shape index (κ2) is 15.4. The molecule has 1 N–H and O–H groups in total. The van der Waals surface area contributed by atoms with Crippen LogP contribution >= 0.6 is 0 Å². The van der Waals surface area contributed by atoms with Crippen molar-refractivity contribution < 1.29 is 9.47 Å². The molecule has 0 amide bonds. The Morgan fingerprint density at radius 2 is 1.12 bits per heavy atom. The molecule has 11 rings (SSSR count). The molecule has 1 radical (unpaired) electrons. The maximum absolute atomic E-state index is 6.61. The van der Waals surface area contributed by atoms with Crippen LogP contribution in [-0.4, -0.2) is 7.28 Å². The van der Waals surface area contributed by atoms with E-state index < -0.39 is 0 Å². The summed E-state index contributed by atoms with van der Waals surface area (Å²) in [5.74, 6) is 2.78. The Balaban J connectivity index is 1.18. The third-order valence-corrected chi connectivity index (χ3v) is 12.8. The van der Waals surface area contributed by atoms with Gasteiger partial charge in [0.05, 0.1) is 0 Å². The van der Waals surface area contributed by atoms with E-state index in [0.29, 0.717) is 23.0 Å². The van der Waals surface area contributed by atoms with Crippen LogP contribution in [0.25, 0.3) is 44.2 Å². The highest BCUT2D eigenvalue weighted by atomic mass is 16.6. The van der Waals surface area contributed by atoms with Crippen molar-refractivity contribution in [3.8, 4) is 56.4 Å². The van der Waals surface area contributed by atoms with Crippen molar-refractivity contribution in [2.24, 2.45) is 0 Å². The van der Waals surface area contributed by atoms with Gasteiger partial charge in [0, 0.05) is 40.1 Å². The van der Waals surface area contributed by atoms with Crippen LogP contribution in [0.2, 0.25) is 0 Å². The molecule has 0 aliphatic carbocycles. The molecule has 4 nitrogen and oxygen atoms in total. The normalized spacial score (nSPS) is 12.6. The molecule has 0 saturated heterocycles. The monoisotopic (exact) mass is 827 g/mol. The fourth-order valence-corrected chi connectivity index (χ4v) is 9.54. The van der Waals surface area contributed by atoms with E-state index in [1.54, 1.807) is 0 Å². The first-order valence-corrected chi connectivity index (χ1v) is 22.1. The van der Waals surface area contributed by atoms with Crippen LogP contribution in [0.1, 0.15) is 43.0 Å². The van der Waals surface area contributed by atoms with Crippen LogP contribution in [0.15, 0.2) is 176 Å². The molecule has 9 aromatic carbocycles. The minimum Gasteiger partial charge on any atom is -0.450 e. The smallest absolute Gasteiger partial charge is 0.198 e. The first-order valence-electron chi connectivity index (χ1n) is 22.1. The van der Waals surface area contributed by atoms with Crippen molar-refractivity contribution in [1.29, 1.82) is 0 Å². The number of hydrogen-bond donors (Lipinski definition) is 1. The summed E-state index contributed by atoms with van der Waals surface area (Å²) in [6.07, 6.45) is 0. The standard InChI is InChI=1S/C59H48BN2O2/c1-36-15-14-16-37(2)57(36)43-31-47(46-30-40-19-10-11-20-41(40)32-49(46)61-45-26-24-44(25-27-45)59(4,5)6)58-52(33-43)62(50-28-23-42(29-38(50)3)39-17-8-7-9-18-39)51-35-56-55(34-48(51)60-58)63-53-21-12-13-22-54(53)64-56/h7-35,61H,1-6H3. The van der Waals surface area contributed by atoms with Crippen molar-refractivity contribution in [3.63, 3.8) is 0 Å². The fraction of sp³-hybridized carbons (Fsp3) is 0.119. The summed E-state index contributed by atoms with van der Waals surface area (Å²) in [7, 11) is 2.35. The molecule has 0 fully saturated rings. The lowest BCUT2D eigenvalue weighted by Crippen LogP contribution is -2.41. The molecule has 9 aromatic rings. The average molecular weight is 828 g/mol. The Labute approximate surface area is 377 Å². The van der Waals surface area contributed by atoms with E-state index in [4.69, 9.17) is 9.47 Å². The van der Waals surface area contributed by atoms with Gasteiger partial charge in [-0.2, -0.15) is 0 Å². The molecule has 0 unspecified atom stereocenters. The van der Waals surface area contributed by atoms with Crippen LogP contribution in [0.5, 0.6) is 23.0 Å². The highest BCUT2D eigenvalue weighted by molar-refractivity contribution is 6.73. The van der Waals surface area contributed by atoms with Gasteiger partial charge in [-0.1, -0.05) is 129 Å². The maximum atomic E-state index is 6.61. The van der Waals surface area contributed by atoms with E-state index in [9.17, 15) is 0 Å². The number of nitrogens with one attached hydrogen (secondary N) is 1. The highest BCUT2D eigenvalue weighted by Gasteiger charge is 2.33. The third-order valence-electron chi connectivity index (χ3n) is 12.8. The second-order valence-corrected chi connectivity index (χ2v) is 18.3. The summed E-state index contributed by atoms with van der Waals surface area (Å²) in [5.41, 5.74) is 19.4. The molecule has 2 heterocycles. The Hall–Kier alpha value is -7.50. The molecule has 2 aliphatic rings. The quantitative estimate of drug-likeness (QED) is 0.169. The molecule has 0 atom stereocenters. The zero-order valence-corrected chi connectivity index (χ0v) is 37.1. The van der Waals surface area contributed by atoms with E-state index in [-0.39, 0.29) is 5.41 Å². The number of benzene rings is 9. The molecule has 0 aromatic heterocycles. The van der Waals surface area contributed by atoms with Crippen molar-refractivity contribution in [3.05, 3.63) is 198 Å². The summed E-state index contributed by atoms with van der Waals surface area (Å²) >= 11 is 0. The lowest BCUT2D eigenvalue weighted by Gasteiger charge is -2.37. The second-order valence-electron chi connectivity index (χ2n) is 18.3. The minimum absolute atomic E-state index is 0.0534. The average Bonchev–Trinajstić information content (AvgIpc) is 3.29. The number of para-hydroxylation sites is 2. The minimum atomic E-state index is 0.0534. The Morgan fingerprint density at radius 3 is 1.81 bits per heavy atom. The van der Waals surface area contributed by atoms with Crippen LogP contribution in [0.3, 0.4) is 0 Å². The summed E-state index contributed by atoms with van der Waals surface area (Å²) in [6, 6.07) is 63.2. The molecule has 309 valence electrons. The van der Waals surface area contributed by atoms with Gasteiger partial charge >= 0.3 is 0 Å². The van der Waals surface area contributed by atoms with Crippen molar-refractivity contribution in [1.82, 2.24) is 0 Å². The lowest BCUT2D eigenvalue weighted by molar-refractivity contribution is 0.360. The van der Waals surface area contributed by atoms with Gasteiger partial charge in [-0.25, -0.2) is 0 Å². The highest BCUT2D eigenvalue weighted by Crippen LogP contribution is 2.50. The maximum Gasteiger partial charge on any atom is 0.198 e. The molecule has 0 bridgehead atoms. The van der Waals surface area contributed by atoms with Gasteiger partial charge in [-0.15, -0.1) is 0 Å². The summed E-state index contributed by atoms with van der Waals surface area (Å²) in [4.78, 5) is 2.44. The molecule has 0 spiro atoms. The van der Waals surface area contributed by atoms with Crippen LogP contribution < -0.4 is 30.6 Å². The van der Waals surface area contributed by atoms with E-state index in [1.807, 2.05) is 24.3 Å². The third kappa shape index (κ3) is 6.98. The first kappa shape index (κ1) is 39.4. The SMILES string of the molecule is Cc1cc(-c2ccccc2)ccc1N1c2cc3c(cc2[B]c2c(-c4cc5ccccc5cc4Nc4ccc(C(C)(C)C)cc4)cc(-c4c(C)cccc4C)cc21)Oc1ccccc1O3. The fourth-order valence-electron chi connectivity index (χ4n) is 9.54. The topological polar surface area (TPSA) is 33.7 Å². The molecule has 64 heavy (non-hydrogen) atoms. The summed E-state index contributed by atoms with van der Waals surface area (Å²) in [5, 5.41) is 6.26. The predicted molar refractivity (Wildman–Crippen MR) is 269 cm³/mol. The Bertz CT molecular complexity index is 3270. The van der Waals surface area contributed by atoms with E-state index in [1.165, 1.54) is 44.2 Å². The van der Waals surface area contributed by atoms with Gasteiger partial charge in [-0.05, 0) is 159 Å². The molecule has 0 saturated carbocycles. The summed E-state index contributed by atoms with van der Waals surface area (Å²) in [6.45, 7) is 13.4. The van der Waals surface area contributed by atoms with Crippen LogP contribution in [0.4, 0.5) is 28.4 Å². The van der Waals surface area contributed by atoms with Gasteiger partial charge in [0.2, 0.25) is 0 Å². The van der Waals surface area contributed by atoms with Crippen molar-refractivity contribution >= 4 is 57.4 Å². The van der Waals surface area contributed by atoms with E-state index in [0.717, 1.165) is 61.6 Å². The molecular weight excluding hydrogens is 779 g/mol. The molecule has 2 aliphatic heterocycles. The number of aryl methyl sites for hydroxylation is 3.